The monoisotopic (exact) mass is 472 g/mol. The van der Waals surface area contributed by atoms with Crippen molar-refractivity contribution in [2.45, 2.75) is 0 Å². The second kappa shape index (κ2) is 8.54. The molecular formula is C21H13ClN2O5S2. The van der Waals surface area contributed by atoms with Gasteiger partial charge in [0, 0.05) is 17.2 Å². The van der Waals surface area contributed by atoms with Crippen LogP contribution in [0.15, 0.2) is 63.9 Å². The maximum atomic E-state index is 12.9. The van der Waals surface area contributed by atoms with E-state index in [1.807, 2.05) is 0 Å². The second-order valence-corrected chi connectivity index (χ2v) is 8.45. The van der Waals surface area contributed by atoms with Crippen molar-refractivity contribution in [2.75, 3.05) is 12.0 Å². The zero-order valence-corrected chi connectivity index (χ0v) is 18.3. The van der Waals surface area contributed by atoms with Gasteiger partial charge in [0.05, 0.1) is 28.2 Å². The smallest absolute Gasteiger partial charge is 0.281 e. The number of methoxy groups -OCH3 is 1. The molecule has 2 heterocycles. The summed E-state index contributed by atoms with van der Waals surface area (Å²) in [5.41, 5.74) is 0.752. The van der Waals surface area contributed by atoms with E-state index in [4.69, 9.17) is 33.0 Å². The van der Waals surface area contributed by atoms with Gasteiger partial charge in [0.1, 0.15) is 17.3 Å². The Bertz CT molecular complexity index is 1240. The molecule has 2 aromatic carbocycles. The van der Waals surface area contributed by atoms with Crippen LogP contribution in [0.4, 0.5) is 11.4 Å². The summed E-state index contributed by atoms with van der Waals surface area (Å²) in [6, 6.07) is 14.6. The molecule has 0 spiro atoms. The molecule has 0 radical (unpaired) electrons. The van der Waals surface area contributed by atoms with Gasteiger partial charge in [-0.2, -0.15) is 0 Å². The minimum Gasteiger partial charge on any atom is -0.497 e. The minimum atomic E-state index is -0.524. The van der Waals surface area contributed by atoms with E-state index >= 15 is 0 Å². The molecule has 1 aromatic heterocycles. The van der Waals surface area contributed by atoms with E-state index in [1.54, 1.807) is 55.7 Å². The number of thiocarbonyl (C=S) groups is 1. The van der Waals surface area contributed by atoms with Crippen molar-refractivity contribution in [3.05, 3.63) is 80.4 Å². The average molecular weight is 473 g/mol. The number of nitro groups is 1. The molecule has 1 aliphatic rings. The number of nitrogens with zero attached hydrogens (tertiary/aromatic N) is 2. The summed E-state index contributed by atoms with van der Waals surface area (Å²) in [7, 11) is 1.56. The van der Waals surface area contributed by atoms with Gasteiger partial charge in [-0.1, -0.05) is 35.6 Å². The number of thioether (sulfide) groups is 1. The first-order valence-electron chi connectivity index (χ1n) is 8.83. The molecule has 1 amide bonds. The van der Waals surface area contributed by atoms with Crippen LogP contribution in [0.25, 0.3) is 17.4 Å². The van der Waals surface area contributed by atoms with Gasteiger partial charge in [0.2, 0.25) is 0 Å². The Balaban J connectivity index is 1.62. The Morgan fingerprint density at radius 3 is 2.61 bits per heavy atom. The standard InChI is InChI=1S/C21H13ClN2O5S2/c1-28-14-5-3-13(4-6-14)23-20(25)19(31-21(23)30)11-15-7-9-18(29-15)16-8-2-12(22)10-17(16)24(26)27/h2-11H,1H3/b19-11-. The lowest BCUT2D eigenvalue weighted by Gasteiger charge is -2.14. The third kappa shape index (κ3) is 4.20. The summed E-state index contributed by atoms with van der Waals surface area (Å²) < 4.78 is 11.3. The van der Waals surface area contributed by atoms with Gasteiger partial charge in [0.25, 0.3) is 11.6 Å². The van der Waals surface area contributed by atoms with Gasteiger partial charge in [-0.05, 0) is 48.5 Å². The number of carbonyl (C=O) groups is 1. The van der Waals surface area contributed by atoms with Crippen molar-refractivity contribution >= 4 is 63.3 Å². The zero-order chi connectivity index (χ0) is 22.1. The van der Waals surface area contributed by atoms with Gasteiger partial charge in [0.15, 0.2) is 4.32 Å². The molecule has 1 saturated heterocycles. The summed E-state index contributed by atoms with van der Waals surface area (Å²) in [5, 5.41) is 11.6. The predicted octanol–water partition coefficient (Wildman–Crippen LogP) is 5.92. The molecule has 3 aromatic rings. The predicted molar refractivity (Wildman–Crippen MR) is 124 cm³/mol. The lowest BCUT2D eigenvalue weighted by atomic mass is 10.1. The molecule has 31 heavy (non-hydrogen) atoms. The van der Waals surface area contributed by atoms with E-state index in [-0.39, 0.29) is 16.6 Å². The van der Waals surface area contributed by atoms with Crippen molar-refractivity contribution in [2.24, 2.45) is 0 Å². The van der Waals surface area contributed by atoms with Crippen molar-refractivity contribution < 1.29 is 18.9 Å². The molecule has 0 unspecified atom stereocenters. The van der Waals surface area contributed by atoms with Gasteiger partial charge in [-0.25, -0.2) is 0 Å². The van der Waals surface area contributed by atoms with E-state index in [9.17, 15) is 14.9 Å². The highest BCUT2D eigenvalue weighted by Crippen LogP contribution is 2.38. The maximum Gasteiger partial charge on any atom is 0.281 e. The Kier molecular flexibility index (Phi) is 5.81. The van der Waals surface area contributed by atoms with Crippen LogP contribution in [0, 0.1) is 10.1 Å². The molecular weight excluding hydrogens is 460 g/mol. The van der Waals surface area contributed by atoms with Crippen molar-refractivity contribution in [1.29, 1.82) is 0 Å². The first-order valence-corrected chi connectivity index (χ1v) is 10.4. The van der Waals surface area contributed by atoms with Crippen molar-refractivity contribution in [1.82, 2.24) is 0 Å². The van der Waals surface area contributed by atoms with E-state index in [0.717, 1.165) is 11.8 Å². The van der Waals surface area contributed by atoms with E-state index in [0.29, 0.717) is 37.7 Å². The zero-order valence-electron chi connectivity index (χ0n) is 15.9. The lowest BCUT2D eigenvalue weighted by Crippen LogP contribution is -2.27. The average Bonchev–Trinajstić information content (AvgIpc) is 3.32. The Labute approximate surface area is 191 Å². The SMILES string of the molecule is COc1ccc(N2C(=O)/C(=C/c3ccc(-c4ccc(Cl)cc4[N+](=O)[O-])o3)SC2=S)cc1. The van der Waals surface area contributed by atoms with Crippen LogP contribution in [-0.2, 0) is 4.79 Å². The van der Waals surface area contributed by atoms with Crippen LogP contribution in [0.2, 0.25) is 5.02 Å². The van der Waals surface area contributed by atoms with Crippen molar-refractivity contribution in [3.8, 4) is 17.1 Å². The molecule has 0 N–H and O–H groups in total. The fourth-order valence-electron chi connectivity index (χ4n) is 2.99. The summed E-state index contributed by atoms with van der Waals surface area (Å²) in [6.07, 6.45) is 1.56. The molecule has 1 aliphatic heterocycles. The number of anilines is 1. The highest BCUT2D eigenvalue weighted by atomic mass is 35.5. The Morgan fingerprint density at radius 1 is 1.19 bits per heavy atom. The molecule has 10 heteroatoms. The molecule has 0 aliphatic carbocycles. The molecule has 4 rings (SSSR count). The van der Waals surface area contributed by atoms with Crippen LogP contribution < -0.4 is 9.64 Å². The van der Waals surface area contributed by atoms with Crippen LogP contribution >= 0.6 is 35.6 Å². The summed E-state index contributed by atoms with van der Waals surface area (Å²) in [5.74, 6) is 1.05. The van der Waals surface area contributed by atoms with Crippen LogP contribution in [0.1, 0.15) is 5.76 Å². The first-order chi connectivity index (χ1) is 14.9. The number of carbonyl (C=O) groups excluding carboxylic acids is 1. The fourth-order valence-corrected chi connectivity index (χ4v) is 4.44. The Morgan fingerprint density at radius 2 is 1.94 bits per heavy atom. The molecule has 7 nitrogen and oxygen atoms in total. The summed E-state index contributed by atoms with van der Waals surface area (Å²) >= 11 is 12.4. The second-order valence-electron chi connectivity index (χ2n) is 6.34. The number of nitro benzene ring substituents is 1. The summed E-state index contributed by atoms with van der Waals surface area (Å²) in [6.45, 7) is 0. The summed E-state index contributed by atoms with van der Waals surface area (Å²) in [4.78, 5) is 25.5. The fraction of sp³-hybridized carbons (Fsp3) is 0.0476. The van der Waals surface area contributed by atoms with E-state index in [2.05, 4.69) is 0 Å². The first kappa shape index (κ1) is 21.1. The number of hydrogen-bond acceptors (Lipinski definition) is 7. The van der Waals surface area contributed by atoms with Gasteiger partial charge in [-0.15, -0.1) is 0 Å². The third-order valence-electron chi connectivity index (χ3n) is 4.45. The lowest BCUT2D eigenvalue weighted by molar-refractivity contribution is -0.384. The highest BCUT2D eigenvalue weighted by molar-refractivity contribution is 8.27. The molecule has 1 fully saturated rings. The van der Waals surface area contributed by atoms with E-state index < -0.39 is 4.92 Å². The van der Waals surface area contributed by atoms with Crippen molar-refractivity contribution in [3.63, 3.8) is 0 Å². The molecule has 0 atom stereocenters. The van der Waals surface area contributed by atoms with Crippen LogP contribution in [-0.4, -0.2) is 22.3 Å². The Hall–Kier alpha value is -3.14. The highest BCUT2D eigenvalue weighted by Gasteiger charge is 2.33. The van der Waals surface area contributed by atoms with Gasteiger partial charge >= 0.3 is 0 Å². The largest absolute Gasteiger partial charge is 0.497 e. The van der Waals surface area contributed by atoms with Gasteiger partial charge < -0.3 is 9.15 Å². The minimum absolute atomic E-state index is 0.167. The topological polar surface area (TPSA) is 85.8 Å². The quantitative estimate of drug-likeness (QED) is 0.197. The number of furan rings is 1. The van der Waals surface area contributed by atoms with E-state index in [1.165, 1.54) is 17.0 Å². The third-order valence-corrected chi connectivity index (χ3v) is 5.98. The normalized spacial score (nSPS) is 15.0. The number of ether oxygens (including phenoxy) is 1. The van der Waals surface area contributed by atoms with Crippen LogP contribution in [0.3, 0.4) is 0 Å². The molecule has 0 bridgehead atoms. The number of benzene rings is 2. The molecule has 156 valence electrons. The number of amides is 1. The van der Waals surface area contributed by atoms with Crippen LogP contribution in [0.5, 0.6) is 5.75 Å². The number of rotatable bonds is 5. The number of hydrogen-bond donors (Lipinski definition) is 0. The number of halogens is 1. The van der Waals surface area contributed by atoms with Gasteiger partial charge in [-0.3, -0.25) is 19.8 Å². The maximum absolute atomic E-state index is 12.9. The molecule has 0 saturated carbocycles.